The molecule has 1 amide bonds. The molecular weight excluding hydrogens is 252 g/mol. The van der Waals surface area contributed by atoms with Gasteiger partial charge in [0.15, 0.2) is 0 Å². The van der Waals surface area contributed by atoms with E-state index in [1.807, 2.05) is 24.3 Å². The maximum atomic E-state index is 11.8. The predicted molar refractivity (Wildman–Crippen MR) is 79.0 cm³/mol. The van der Waals surface area contributed by atoms with Crippen molar-refractivity contribution in [2.24, 2.45) is 5.10 Å². The smallest absolute Gasteiger partial charge is 0.271 e. The summed E-state index contributed by atoms with van der Waals surface area (Å²) in [6.07, 6.45) is 2.58. The van der Waals surface area contributed by atoms with Crippen molar-refractivity contribution in [3.63, 3.8) is 0 Å². The van der Waals surface area contributed by atoms with Crippen molar-refractivity contribution in [1.82, 2.24) is 5.43 Å². The number of aryl methyl sites for hydroxylation is 1. The Balaban J connectivity index is 1.97. The zero-order valence-corrected chi connectivity index (χ0v) is 11.2. The Morgan fingerprint density at radius 1 is 1.25 bits per heavy atom. The molecule has 0 atom stereocenters. The molecule has 0 spiro atoms. The Morgan fingerprint density at radius 2 is 2.00 bits per heavy atom. The van der Waals surface area contributed by atoms with E-state index in [2.05, 4.69) is 17.5 Å². The topological polar surface area (TPSA) is 61.7 Å². The van der Waals surface area contributed by atoms with Crippen LogP contribution in [0.4, 0.5) is 0 Å². The largest absolute Gasteiger partial charge is 0.508 e. The zero-order valence-electron chi connectivity index (χ0n) is 11.2. The van der Waals surface area contributed by atoms with Gasteiger partial charge in [0.25, 0.3) is 5.91 Å². The first-order valence-corrected chi connectivity index (χ1v) is 6.40. The number of hydrazone groups is 1. The summed E-state index contributed by atoms with van der Waals surface area (Å²) in [6.45, 7) is 2.10. The second-order valence-electron chi connectivity index (χ2n) is 4.34. The first kappa shape index (κ1) is 13.8. The van der Waals surface area contributed by atoms with Crippen LogP contribution in [0, 0.1) is 0 Å². The van der Waals surface area contributed by atoms with E-state index >= 15 is 0 Å². The maximum absolute atomic E-state index is 11.8. The fourth-order valence-corrected chi connectivity index (χ4v) is 1.72. The molecule has 0 aliphatic rings. The molecule has 0 bridgehead atoms. The molecule has 0 radical (unpaired) electrons. The standard InChI is InChI=1S/C16H16N2O2/c1-2-12-6-8-13(9-7-12)11-17-18-16(20)14-4-3-5-15(19)10-14/h3-11,19H,2H2,1H3,(H,18,20)/b17-11+. The van der Waals surface area contributed by atoms with Gasteiger partial charge in [-0.05, 0) is 35.7 Å². The number of benzene rings is 2. The van der Waals surface area contributed by atoms with Crippen LogP contribution in [0.3, 0.4) is 0 Å². The van der Waals surface area contributed by atoms with E-state index in [0.717, 1.165) is 12.0 Å². The number of phenolic OH excluding ortho intramolecular Hbond substituents is 1. The van der Waals surface area contributed by atoms with E-state index in [-0.39, 0.29) is 11.7 Å². The number of carbonyl (C=O) groups excluding carboxylic acids is 1. The van der Waals surface area contributed by atoms with Gasteiger partial charge in [-0.1, -0.05) is 37.3 Å². The summed E-state index contributed by atoms with van der Waals surface area (Å²) in [5.41, 5.74) is 4.96. The molecule has 2 aromatic rings. The highest BCUT2D eigenvalue weighted by Crippen LogP contribution is 2.10. The first-order valence-electron chi connectivity index (χ1n) is 6.40. The lowest BCUT2D eigenvalue weighted by Gasteiger charge is -2.00. The molecule has 0 unspecified atom stereocenters. The highest BCUT2D eigenvalue weighted by atomic mass is 16.3. The third-order valence-electron chi connectivity index (χ3n) is 2.88. The van der Waals surface area contributed by atoms with Gasteiger partial charge < -0.3 is 5.11 Å². The molecular formula is C16H16N2O2. The number of amides is 1. The van der Waals surface area contributed by atoms with Gasteiger partial charge in [0.05, 0.1) is 6.21 Å². The van der Waals surface area contributed by atoms with Crippen LogP contribution in [0.15, 0.2) is 53.6 Å². The Morgan fingerprint density at radius 3 is 2.65 bits per heavy atom. The van der Waals surface area contributed by atoms with Crippen LogP contribution in [0.5, 0.6) is 5.75 Å². The van der Waals surface area contributed by atoms with Crippen LogP contribution >= 0.6 is 0 Å². The van der Waals surface area contributed by atoms with E-state index in [4.69, 9.17) is 0 Å². The second kappa shape index (κ2) is 6.52. The van der Waals surface area contributed by atoms with E-state index < -0.39 is 0 Å². The first-order chi connectivity index (χ1) is 9.69. The van der Waals surface area contributed by atoms with Crippen molar-refractivity contribution in [1.29, 1.82) is 0 Å². The number of rotatable bonds is 4. The number of hydrogen-bond acceptors (Lipinski definition) is 3. The lowest BCUT2D eigenvalue weighted by atomic mass is 10.1. The lowest BCUT2D eigenvalue weighted by molar-refractivity contribution is 0.0954. The van der Waals surface area contributed by atoms with Crippen molar-refractivity contribution in [3.05, 3.63) is 65.2 Å². The van der Waals surface area contributed by atoms with Gasteiger partial charge in [0.1, 0.15) is 5.75 Å². The summed E-state index contributed by atoms with van der Waals surface area (Å²) in [7, 11) is 0. The molecule has 0 saturated carbocycles. The van der Waals surface area contributed by atoms with Crippen LogP contribution in [-0.2, 0) is 6.42 Å². The number of carbonyl (C=O) groups is 1. The fraction of sp³-hybridized carbons (Fsp3) is 0.125. The zero-order chi connectivity index (χ0) is 14.4. The summed E-state index contributed by atoms with van der Waals surface area (Å²) in [6, 6.07) is 14.1. The van der Waals surface area contributed by atoms with E-state index in [1.54, 1.807) is 18.3 Å². The minimum absolute atomic E-state index is 0.0526. The number of hydrogen-bond donors (Lipinski definition) is 2. The fourth-order valence-electron chi connectivity index (χ4n) is 1.72. The highest BCUT2D eigenvalue weighted by Gasteiger charge is 2.03. The van der Waals surface area contributed by atoms with Gasteiger partial charge in [0.2, 0.25) is 0 Å². The van der Waals surface area contributed by atoms with Crippen LogP contribution in [-0.4, -0.2) is 17.2 Å². The van der Waals surface area contributed by atoms with Gasteiger partial charge in [-0.2, -0.15) is 5.10 Å². The summed E-state index contributed by atoms with van der Waals surface area (Å²) in [5.74, 6) is -0.306. The summed E-state index contributed by atoms with van der Waals surface area (Å²) in [4.78, 5) is 11.8. The van der Waals surface area contributed by atoms with Crippen molar-refractivity contribution in [2.45, 2.75) is 13.3 Å². The molecule has 4 heteroatoms. The van der Waals surface area contributed by atoms with Gasteiger partial charge in [-0.3, -0.25) is 4.79 Å². The maximum Gasteiger partial charge on any atom is 0.271 e. The molecule has 2 N–H and O–H groups in total. The molecule has 0 aliphatic heterocycles. The third kappa shape index (κ3) is 3.68. The minimum atomic E-state index is -0.359. The SMILES string of the molecule is CCc1ccc(/C=N/NC(=O)c2cccc(O)c2)cc1. The number of phenols is 1. The Kier molecular flexibility index (Phi) is 4.50. The Labute approximate surface area is 117 Å². The lowest BCUT2D eigenvalue weighted by Crippen LogP contribution is -2.17. The molecule has 0 aliphatic carbocycles. The van der Waals surface area contributed by atoms with Crippen molar-refractivity contribution >= 4 is 12.1 Å². The molecule has 0 fully saturated rings. The van der Waals surface area contributed by atoms with E-state index in [0.29, 0.717) is 5.56 Å². The van der Waals surface area contributed by atoms with Crippen molar-refractivity contribution in [2.75, 3.05) is 0 Å². The number of nitrogens with one attached hydrogen (secondary N) is 1. The summed E-state index contributed by atoms with van der Waals surface area (Å²) in [5, 5.41) is 13.2. The molecule has 0 saturated heterocycles. The quantitative estimate of drug-likeness (QED) is 0.661. The van der Waals surface area contributed by atoms with Crippen LogP contribution in [0.2, 0.25) is 0 Å². The van der Waals surface area contributed by atoms with Crippen LogP contribution in [0.1, 0.15) is 28.4 Å². The van der Waals surface area contributed by atoms with Gasteiger partial charge in [0, 0.05) is 5.56 Å². The summed E-state index contributed by atoms with van der Waals surface area (Å²) >= 11 is 0. The average Bonchev–Trinajstić information content (AvgIpc) is 2.48. The molecule has 102 valence electrons. The van der Waals surface area contributed by atoms with E-state index in [9.17, 15) is 9.90 Å². The highest BCUT2D eigenvalue weighted by molar-refractivity contribution is 5.95. The van der Waals surface area contributed by atoms with Crippen molar-refractivity contribution in [3.8, 4) is 5.75 Å². The van der Waals surface area contributed by atoms with Crippen molar-refractivity contribution < 1.29 is 9.90 Å². The van der Waals surface area contributed by atoms with Crippen LogP contribution < -0.4 is 5.43 Å². The van der Waals surface area contributed by atoms with Gasteiger partial charge >= 0.3 is 0 Å². The third-order valence-corrected chi connectivity index (χ3v) is 2.88. The second-order valence-corrected chi connectivity index (χ2v) is 4.34. The van der Waals surface area contributed by atoms with Gasteiger partial charge in [-0.25, -0.2) is 5.43 Å². The predicted octanol–water partition coefficient (Wildman–Crippen LogP) is 2.72. The average molecular weight is 268 g/mol. The Hall–Kier alpha value is -2.62. The van der Waals surface area contributed by atoms with Crippen LogP contribution in [0.25, 0.3) is 0 Å². The number of nitrogens with zero attached hydrogens (tertiary/aromatic N) is 1. The molecule has 2 aromatic carbocycles. The normalized spacial score (nSPS) is 10.7. The molecule has 4 nitrogen and oxygen atoms in total. The molecule has 0 aromatic heterocycles. The Bertz CT molecular complexity index is 619. The van der Waals surface area contributed by atoms with E-state index in [1.165, 1.54) is 17.7 Å². The molecule has 20 heavy (non-hydrogen) atoms. The number of aromatic hydroxyl groups is 1. The minimum Gasteiger partial charge on any atom is -0.508 e. The molecule has 2 rings (SSSR count). The summed E-state index contributed by atoms with van der Waals surface area (Å²) < 4.78 is 0. The monoisotopic (exact) mass is 268 g/mol. The molecule has 0 heterocycles. The van der Waals surface area contributed by atoms with Gasteiger partial charge in [-0.15, -0.1) is 0 Å².